The van der Waals surface area contributed by atoms with Gasteiger partial charge >= 0.3 is 0 Å². The maximum atomic E-state index is 12.6. The second-order valence-corrected chi connectivity index (χ2v) is 8.62. The Hall–Kier alpha value is -2.08. The summed E-state index contributed by atoms with van der Waals surface area (Å²) < 4.78 is 27.3. The number of ether oxygens (including phenoxy) is 3. The Kier molecular flexibility index (Phi) is 20.0. The molecule has 0 bridgehead atoms. The number of methoxy groups -OCH3 is 2. The zero-order valence-corrected chi connectivity index (χ0v) is 23.3. The van der Waals surface area contributed by atoms with Gasteiger partial charge in [0.2, 0.25) is 0 Å². The van der Waals surface area contributed by atoms with E-state index < -0.39 is 0 Å². The molecule has 1 saturated heterocycles. The average Bonchev–Trinajstić information content (AvgIpc) is 3.25. The van der Waals surface area contributed by atoms with Crippen LogP contribution < -0.4 is 0 Å². The zero-order chi connectivity index (χ0) is 26.5. The van der Waals surface area contributed by atoms with Crippen molar-refractivity contribution in [2.45, 2.75) is 92.3 Å². The third-order valence-corrected chi connectivity index (χ3v) is 5.35. The van der Waals surface area contributed by atoms with Crippen LogP contribution in [0.4, 0.5) is 4.39 Å². The highest BCUT2D eigenvalue weighted by molar-refractivity contribution is 6.01. The number of benzene rings is 1. The quantitative estimate of drug-likeness (QED) is 0.189. The lowest BCUT2D eigenvalue weighted by atomic mass is 10.0. The smallest absolute Gasteiger partial charge is 0.145 e. The summed E-state index contributed by atoms with van der Waals surface area (Å²) in [5.74, 6) is -0.172. The predicted molar refractivity (Wildman–Crippen MR) is 148 cm³/mol. The van der Waals surface area contributed by atoms with Crippen molar-refractivity contribution < 1.29 is 18.6 Å². The molecular weight excluding hydrogens is 441 g/mol. The summed E-state index contributed by atoms with van der Waals surface area (Å²) in [6.45, 7) is 13.1. The van der Waals surface area contributed by atoms with Crippen LogP contribution in [0.1, 0.15) is 79.2 Å². The first-order valence-electron chi connectivity index (χ1n) is 12.7. The molecule has 0 amide bonds. The number of aliphatic imine (C=N–C) groups is 1. The first-order valence-corrected chi connectivity index (χ1v) is 12.7. The minimum absolute atomic E-state index is 0.172. The SMILES string of the molecule is CC1CCC(Cc2ccc(F)cc2)O1.COCOC.C\C=C/C(C(/C)=N/C=C/CC)=C(/C)CCC. The lowest BCUT2D eigenvalue weighted by Gasteiger charge is -2.10. The van der Waals surface area contributed by atoms with Crippen LogP contribution in [-0.2, 0) is 20.6 Å². The Bertz CT molecular complexity index is 779. The van der Waals surface area contributed by atoms with Crippen molar-refractivity contribution in [3.05, 3.63) is 71.2 Å². The number of allylic oxidation sites excluding steroid dienone is 5. The van der Waals surface area contributed by atoms with Crippen molar-refractivity contribution >= 4 is 5.71 Å². The Balaban J connectivity index is 0.000000557. The van der Waals surface area contributed by atoms with Gasteiger partial charge in [0.25, 0.3) is 0 Å². The van der Waals surface area contributed by atoms with E-state index in [1.54, 1.807) is 14.2 Å². The third kappa shape index (κ3) is 16.3. The summed E-state index contributed by atoms with van der Waals surface area (Å²) in [4.78, 5) is 4.46. The first kappa shape index (κ1) is 32.9. The van der Waals surface area contributed by atoms with Crippen molar-refractivity contribution in [1.82, 2.24) is 0 Å². The molecule has 0 aromatic heterocycles. The fourth-order valence-corrected chi connectivity index (χ4v) is 3.62. The van der Waals surface area contributed by atoms with Crippen LogP contribution in [-0.4, -0.2) is 38.9 Å². The third-order valence-electron chi connectivity index (χ3n) is 5.35. The average molecular weight is 490 g/mol. The molecule has 4 nitrogen and oxygen atoms in total. The highest BCUT2D eigenvalue weighted by Gasteiger charge is 2.21. The molecule has 2 atom stereocenters. The van der Waals surface area contributed by atoms with Crippen molar-refractivity contribution in [3.8, 4) is 0 Å². The lowest BCUT2D eigenvalue weighted by Crippen LogP contribution is -2.11. The summed E-state index contributed by atoms with van der Waals surface area (Å²) in [6.07, 6.45) is 15.5. The van der Waals surface area contributed by atoms with Gasteiger partial charge < -0.3 is 14.2 Å². The van der Waals surface area contributed by atoms with E-state index in [-0.39, 0.29) is 5.82 Å². The van der Waals surface area contributed by atoms with Crippen LogP contribution in [0.5, 0.6) is 0 Å². The van der Waals surface area contributed by atoms with Gasteiger partial charge in [0, 0.05) is 26.1 Å². The molecule has 5 heteroatoms. The fourth-order valence-electron chi connectivity index (χ4n) is 3.62. The maximum absolute atomic E-state index is 12.6. The molecule has 0 aliphatic carbocycles. The molecular formula is C30H48FNO3. The van der Waals surface area contributed by atoms with E-state index in [0.29, 0.717) is 19.0 Å². The van der Waals surface area contributed by atoms with Gasteiger partial charge in [0.15, 0.2) is 0 Å². The van der Waals surface area contributed by atoms with E-state index in [2.05, 4.69) is 67.3 Å². The van der Waals surface area contributed by atoms with E-state index in [0.717, 1.165) is 43.4 Å². The van der Waals surface area contributed by atoms with E-state index in [4.69, 9.17) is 4.74 Å². The topological polar surface area (TPSA) is 40.0 Å². The van der Waals surface area contributed by atoms with Crippen LogP contribution in [0.25, 0.3) is 0 Å². The van der Waals surface area contributed by atoms with Crippen LogP contribution in [0.3, 0.4) is 0 Å². The summed E-state index contributed by atoms with van der Waals surface area (Å²) in [5, 5.41) is 0. The van der Waals surface area contributed by atoms with Gasteiger partial charge in [-0.2, -0.15) is 0 Å². The summed E-state index contributed by atoms with van der Waals surface area (Å²) in [7, 11) is 3.17. The highest BCUT2D eigenvalue weighted by atomic mass is 19.1. The second-order valence-electron chi connectivity index (χ2n) is 8.62. The van der Waals surface area contributed by atoms with Gasteiger partial charge in [-0.3, -0.25) is 4.99 Å². The molecule has 1 aromatic rings. The van der Waals surface area contributed by atoms with Crippen LogP contribution in [0.15, 0.2) is 64.8 Å². The Labute approximate surface area is 214 Å². The minimum atomic E-state index is -0.172. The number of nitrogens with zero attached hydrogens (tertiary/aromatic N) is 1. The molecule has 0 radical (unpaired) electrons. The first-order chi connectivity index (χ1) is 16.8. The van der Waals surface area contributed by atoms with Crippen LogP contribution in [0.2, 0.25) is 0 Å². The molecule has 198 valence electrons. The fraction of sp³-hybridized carbons (Fsp3) is 0.567. The van der Waals surface area contributed by atoms with Gasteiger partial charge in [0.1, 0.15) is 12.6 Å². The Morgan fingerprint density at radius 1 is 1.11 bits per heavy atom. The number of rotatable bonds is 10. The normalized spacial score (nSPS) is 18.7. The van der Waals surface area contributed by atoms with Gasteiger partial charge in [-0.25, -0.2) is 4.39 Å². The number of hydrogen-bond donors (Lipinski definition) is 0. The molecule has 1 aromatic carbocycles. The molecule has 0 saturated carbocycles. The molecule has 1 aliphatic rings. The maximum Gasteiger partial charge on any atom is 0.145 e. The predicted octanol–water partition coefficient (Wildman–Crippen LogP) is 8.24. The monoisotopic (exact) mass is 489 g/mol. The minimum Gasteiger partial charge on any atom is -0.375 e. The van der Waals surface area contributed by atoms with E-state index >= 15 is 0 Å². The standard InChI is InChI=1S/C15H25N.C12H15FO.C3H8O2/c1-6-9-12-16-14(5)15(11-8-3)13(4)10-7-2;1-9-2-7-12(14-9)8-10-3-5-11(13)6-4-10;1-4-3-5-2/h8-9,11-12H,6-7,10H2,1-5H3;3-6,9,12H,2,7-8H2,1H3;3H2,1-2H3/b11-8-,12-9+,15-13+,16-14+;;. The molecule has 0 spiro atoms. The molecule has 35 heavy (non-hydrogen) atoms. The van der Waals surface area contributed by atoms with Crippen LogP contribution in [0, 0.1) is 5.82 Å². The van der Waals surface area contributed by atoms with Crippen molar-refractivity contribution in [3.63, 3.8) is 0 Å². The summed E-state index contributed by atoms with van der Waals surface area (Å²) >= 11 is 0. The van der Waals surface area contributed by atoms with Gasteiger partial charge in [-0.05, 0) is 83.1 Å². The lowest BCUT2D eigenvalue weighted by molar-refractivity contribution is -0.00272. The zero-order valence-electron chi connectivity index (χ0n) is 23.3. The summed E-state index contributed by atoms with van der Waals surface area (Å²) in [6, 6.07) is 6.69. The van der Waals surface area contributed by atoms with Crippen molar-refractivity contribution in [2.24, 2.45) is 4.99 Å². The molecule has 2 rings (SSSR count). The molecule has 2 unspecified atom stereocenters. The van der Waals surface area contributed by atoms with Gasteiger partial charge in [-0.15, -0.1) is 0 Å². The van der Waals surface area contributed by atoms with E-state index in [1.807, 2.05) is 25.3 Å². The molecule has 1 fully saturated rings. The number of hydrogen-bond acceptors (Lipinski definition) is 4. The Morgan fingerprint density at radius 2 is 1.77 bits per heavy atom. The Morgan fingerprint density at radius 3 is 2.23 bits per heavy atom. The largest absolute Gasteiger partial charge is 0.375 e. The second kappa shape index (κ2) is 21.2. The van der Waals surface area contributed by atoms with Gasteiger partial charge in [0.05, 0.1) is 12.2 Å². The van der Waals surface area contributed by atoms with Crippen molar-refractivity contribution in [2.75, 3.05) is 21.0 Å². The van der Waals surface area contributed by atoms with Crippen LogP contribution >= 0.6 is 0 Å². The van der Waals surface area contributed by atoms with E-state index in [1.165, 1.54) is 29.7 Å². The molecule has 1 heterocycles. The molecule has 1 aliphatic heterocycles. The summed E-state index contributed by atoms with van der Waals surface area (Å²) in [5.41, 5.74) is 4.97. The highest BCUT2D eigenvalue weighted by Crippen LogP contribution is 2.22. The van der Waals surface area contributed by atoms with E-state index in [9.17, 15) is 4.39 Å². The van der Waals surface area contributed by atoms with Crippen molar-refractivity contribution in [1.29, 1.82) is 0 Å². The number of halogens is 1. The van der Waals surface area contributed by atoms with Gasteiger partial charge in [-0.1, -0.05) is 56.2 Å². The molecule has 0 N–H and O–H groups in total.